The highest BCUT2D eigenvalue weighted by molar-refractivity contribution is 7.79. The van der Waals surface area contributed by atoms with Crippen molar-refractivity contribution in [3.63, 3.8) is 0 Å². The average molecular weight is 391 g/mol. The molecule has 1 heteroatoms. The lowest BCUT2D eigenvalue weighted by Gasteiger charge is -2.15. The van der Waals surface area contributed by atoms with Crippen molar-refractivity contribution in [3.8, 4) is 0 Å². The van der Waals surface area contributed by atoms with E-state index < -0.39 is 0 Å². The molecule has 0 atom stereocenters. The molecule has 1 fully saturated rings. The molecule has 0 nitrogen and oxygen atoms in total. The summed E-state index contributed by atoms with van der Waals surface area (Å²) >= 11 is 3.53. The van der Waals surface area contributed by atoms with E-state index in [1.807, 2.05) is 64.1 Å². The van der Waals surface area contributed by atoms with E-state index in [2.05, 4.69) is 57.7 Å². The molecule has 2 aromatic rings. The molecular weight excluding hydrogens is 344 g/mol. The van der Waals surface area contributed by atoms with Crippen LogP contribution < -0.4 is 0 Å². The molecule has 0 heterocycles. The fourth-order valence-corrected chi connectivity index (χ4v) is 2.38. The van der Waals surface area contributed by atoms with Crippen molar-refractivity contribution < 1.29 is 0 Å². The van der Waals surface area contributed by atoms with Crippen molar-refractivity contribution in [3.05, 3.63) is 71.8 Å². The van der Waals surface area contributed by atoms with Crippen LogP contribution in [0.15, 0.2) is 60.7 Å². The lowest BCUT2D eigenvalue weighted by Crippen LogP contribution is -1.99. The van der Waals surface area contributed by atoms with Gasteiger partial charge in [0.2, 0.25) is 0 Å². The highest BCUT2D eigenvalue weighted by Gasteiger charge is 2.05. The van der Waals surface area contributed by atoms with E-state index in [0.717, 1.165) is 5.92 Å². The van der Waals surface area contributed by atoms with Gasteiger partial charge in [0.05, 0.1) is 0 Å². The summed E-state index contributed by atoms with van der Waals surface area (Å²) in [6, 6.07) is 20.5. The molecule has 1 aliphatic rings. The van der Waals surface area contributed by atoms with Crippen molar-refractivity contribution in [2.75, 3.05) is 6.26 Å². The van der Waals surface area contributed by atoms with Crippen molar-refractivity contribution >= 4 is 12.6 Å². The van der Waals surface area contributed by atoms with Crippen LogP contribution in [-0.4, -0.2) is 6.26 Å². The molecule has 27 heavy (non-hydrogen) atoms. The fraction of sp³-hybridized carbons (Fsp3) is 0.538. The fourth-order valence-electron chi connectivity index (χ4n) is 2.38. The van der Waals surface area contributed by atoms with Crippen LogP contribution in [0.5, 0.6) is 0 Å². The Kier molecular flexibility index (Phi) is 30.5. The molecule has 0 radical (unpaired) electrons. The zero-order chi connectivity index (χ0) is 21.3. The quantitative estimate of drug-likeness (QED) is 0.426. The summed E-state index contributed by atoms with van der Waals surface area (Å²) in [6.07, 6.45) is 9.13. The van der Waals surface area contributed by atoms with Gasteiger partial charge < -0.3 is 0 Å². The first-order valence-electron chi connectivity index (χ1n) is 10.7. The lowest BCUT2D eigenvalue weighted by atomic mass is 9.91. The summed E-state index contributed by atoms with van der Waals surface area (Å²) in [4.78, 5) is 0. The molecule has 0 aromatic heterocycles. The van der Waals surface area contributed by atoms with Crippen LogP contribution in [0.2, 0.25) is 0 Å². The zero-order valence-electron chi connectivity index (χ0n) is 19.3. The van der Waals surface area contributed by atoms with Crippen molar-refractivity contribution in [2.45, 2.75) is 80.6 Å². The minimum Gasteiger partial charge on any atom is -0.183 e. The van der Waals surface area contributed by atoms with E-state index in [1.54, 1.807) is 6.26 Å². The predicted molar refractivity (Wildman–Crippen MR) is 132 cm³/mol. The van der Waals surface area contributed by atoms with E-state index in [9.17, 15) is 0 Å². The van der Waals surface area contributed by atoms with Crippen LogP contribution in [0.1, 0.15) is 77.8 Å². The smallest absolute Gasteiger partial charge is 0.0215 e. The third-order valence-electron chi connectivity index (χ3n) is 3.77. The molecule has 2 aromatic carbocycles. The van der Waals surface area contributed by atoms with Gasteiger partial charge in [-0.2, -0.15) is 12.6 Å². The van der Waals surface area contributed by atoms with E-state index in [0.29, 0.717) is 0 Å². The molecule has 0 unspecified atom stereocenters. The van der Waals surface area contributed by atoms with Gasteiger partial charge in [-0.1, -0.05) is 139 Å². The molecule has 0 bridgehead atoms. The third-order valence-corrected chi connectivity index (χ3v) is 3.77. The first-order chi connectivity index (χ1) is 13.2. The summed E-state index contributed by atoms with van der Waals surface area (Å²) in [5.74, 6) is 1.04. The Morgan fingerprint density at radius 1 is 0.593 bits per heavy atom. The molecular formula is C26H46S. The van der Waals surface area contributed by atoms with Gasteiger partial charge in [-0.05, 0) is 26.0 Å². The van der Waals surface area contributed by atoms with Gasteiger partial charge in [-0.3, -0.25) is 0 Å². The number of hydrogen-bond donors (Lipinski definition) is 1. The summed E-state index contributed by atoms with van der Waals surface area (Å²) in [5, 5.41) is 0. The van der Waals surface area contributed by atoms with Crippen LogP contribution in [0.4, 0.5) is 0 Å². The minimum absolute atomic E-state index is 1.04. The summed E-state index contributed by atoms with van der Waals surface area (Å²) in [7, 11) is 0. The average Bonchev–Trinajstić information content (AvgIpc) is 2.75. The normalized spacial score (nSPS) is 11.7. The Hall–Kier alpha value is -1.21. The standard InChI is InChI=1S/C7H14.2C7H8.2C2H6.CH4S/c3*1-7-5-3-2-4-6-7;3*1-2/h7H,2-6H2,1H3;2*2-6H,1H3;2*1-2H3;2H,1H3. The Morgan fingerprint density at radius 2 is 0.889 bits per heavy atom. The SMILES string of the molecule is CC.CC.CC1CCCCC1.CS.Cc1ccccc1.Cc1ccccc1. The molecule has 0 aliphatic heterocycles. The Morgan fingerprint density at radius 3 is 1.04 bits per heavy atom. The minimum atomic E-state index is 1.04. The highest BCUT2D eigenvalue weighted by atomic mass is 32.1. The largest absolute Gasteiger partial charge is 0.183 e. The molecule has 1 aliphatic carbocycles. The van der Waals surface area contributed by atoms with Crippen LogP contribution >= 0.6 is 12.6 Å². The van der Waals surface area contributed by atoms with Crippen LogP contribution in [0.3, 0.4) is 0 Å². The maximum atomic E-state index is 3.53. The lowest BCUT2D eigenvalue weighted by molar-refractivity contribution is 0.385. The monoisotopic (exact) mass is 390 g/mol. The molecule has 0 spiro atoms. The van der Waals surface area contributed by atoms with E-state index >= 15 is 0 Å². The maximum Gasteiger partial charge on any atom is -0.0215 e. The predicted octanol–water partition coefficient (Wildman–Crippen LogP) is 9.18. The molecule has 1 saturated carbocycles. The second-order valence-corrected chi connectivity index (χ2v) is 6.05. The van der Waals surface area contributed by atoms with Gasteiger partial charge in [0.1, 0.15) is 0 Å². The van der Waals surface area contributed by atoms with Gasteiger partial charge in [0.25, 0.3) is 0 Å². The third kappa shape index (κ3) is 24.8. The molecule has 0 amide bonds. The molecule has 0 saturated heterocycles. The van der Waals surface area contributed by atoms with Crippen molar-refractivity contribution in [2.24, 2.45) is 5.92 Å². The van der Waals surface area contributed by atoms with Crippen molar-refractivity contribution in [1.82, 2.24) is 0 Å². The van der Waals surface area contributed by atoms with E-state index in [-0.39, 0.29) is 0 Å². The second-order valence-electron chi connectivity index (χ2n) is 6.05. The van der Waals surface area contributed by atoms with Crippen molar-refractivity contribution in [1.29, 1.82) is 0 Å². The number of thiol groups is 1. The van der Waals surface area contributed by atoms with Gasteiger partial charge in [0.15, 0.2) is 0 Å². The van der Waals surface area contributed by atoms with Gasteiger partial charge in [-0.15, -0.1) is 0 Å². The molecule has 0 N–H and O–H groups in total. The Labute approximate surface area is 177 Å². The van der Waals surface area contributed by atoms with Gasteiger partial charge in [-0.25, -0.2) is 0 Å². The summed E-state index contributed by atoms with van der Waals surface area (Å²) in [5.41, 5.74) is 2.64. The topological polar surface area (TPSA) is 0 Å². The van der Waals surface area contributed by atoms with E-state index in [1.165, 1.54) is 43.2 Å². The van der Waals surface area contributed by atoms with Gasteiger partial charge in [0, 0.05) is 0 Å². The Bertz CT molecular complexity index is 407. The van der Waals surface area contributed by atoms with Crippen LogP contribution in [0, 0.1) is 19.8 Å². The summed E-state index contributed by atoms with van der Waals surface area (Å²) in [6.45, 7) is 14.5. The first kappa shape index (κ1) is 30.5. The summed E-state index contributed by atoms with van der Waals surface area (Å²) < 4.78 is 0. The van der Waals surface area contributed by atoms with Crippen LogP contribution in [0.25, 0.3) is 0 Å². The van der Waals surface area contributed by atoms with Gasteiger partial charge >= 0.3 is 0 Å². The zero-order valence-corrected chi connectivity index (χ0v) is 20.2. The number of benzene rings is 2. The second kappa shape index (κ2) is 27.0. The molecule has 156 valence electrons. The number of hydrogen-bond acceptors (Lipinski definition) is 1. The van der Waals surface area contributed by atoms with E-state index in [4.69, 9.17) is 0 Å². The Balaban J connectivity index is -0.000000281. The maximum absolute atomic E-state index is 3.53. The number of rotatable bonds is 0. The first-order valence-corrected chi connectivity index (χ1v) is 11.6. The molecule has 3 rings (SSSR count). The number of aryl methyl sites for hydroxylation is 2. The van der Waals surface area contributed by atoms with Crippen LogP contribution in [-0.2, 0) is 0 Å². The highest BCUT2D eigenvalue weighted by Crippen LogP contribution is 2.22.